The van der Waals surface area contributed by atoms with Gasteiger partial charge in [-0.25, -0.2) is 13.6 Å². The largest absolute Gasteiger partial charge is 0.389 e. The third-order valence-corrected chi connectivity index (χ3v) is 5.14. The van der Waals surface area contributed by atoms with Gasteiger partial charge in [0.05, 0.1) is 31.8 Å². The van der Waals surface area contributed by atoms with E-state index in [4.69, 9.17) is 4.74 Å². The van der Waals surface area contributed by atoms with Crippen LogP contribution in [0, 0.1) is 11.6 Å². The Morgan fingerprint density at radius 3 is 2.32 bits per heavy atom. The van der Waals surface area contributed by atoms with Gasteiger partial charge in [-0.15, -0.1) is 0 Å². The SMILES string of the molecule is COC1CNC(=O)N(CC(O)Cn2c3ccc(F)cc3c3cc(F)ccc32)C1. The molecule has 2 N–H and O–H groups in total. The molecular formula is C20H21F2N3O3. The fourth-order valence-electron chi connectivity index (χ4n) is 3.79. The van der Waals surface area contributed by atoms with Crippen molar-refractivity contribution in [1.29, 1.82) is 0 Å². The molecule has 1 aliphatic heterocycles. The second kappa shape index (κ2) is 7.37. The molecule has 0 spiro atoms. The second-order valence-electron chi connectivity index (χ2n) is 7.04. The molecule has 28 heavy (non-hydrogen) atoms. The first kappa shape index (κ1) is 18.6. The summed E-state index contributed by atoms with van der Waals surface area (Å²) in [5.41, 5.74) is 1.39. The van der Waals surface area contributed by atoms with Gasteiger partial charge in [0.1, 0.15) is 11.6 Å². The van der Waals surface area contributed by atoms with Crippen LogP contribution in [0.3, 0.4) is 0 Å². The molecule has 0 radical (unpaired) electrons. The maximum atomic E-state index is 13.7. The molecule has 2 amide bonds. The monoisotopic (exact) mass is 389 g/mol. The molecule has 148 valence electrons. The maximum absolute atomic E-state index is 13.7. The number of benzene rings is 2. The van der Waals surface area contributed by atoms with Gasteiger partial charge in [-0.05, 0) is 36.4 Å². The van der Waals surface area contributed by atoms with E-state index in [0.29, 0.717) is 34.9 Å². The molecule has 0 bridgehead atoms. The van der Waals surface area contributed by atoms with Crippen LogP contribution in [0.1, 0.15) is 0 Å². The van der Waals surface area contributed by atoms with E-state index in [0.717, 1.165) is 0 Å². The zero-order chi connectivity index (χ0) is 19.8. The third kappa shape index (κ3) is 3.41. The number of carbonyl (C=O) groups excluding carboxylic acids is 1. The quantitative estimate of drug-likeness (QED) is 0.705. The van der Waals surface area contributed by atoms with Crippen LogP contribution in [0.5, 0.6) is 0 Å². The summed E-state index contributed by atoms with van der Waals surface area (Å²) >= 11 is 0. The van der Waals surface area contributed by atoms with Gasteiger partial charge in [0, 0.05) is 35.5 Å². The summed E-state index contributed by atoms with van der Waals surface area (Å²) in [5.74, 6) is -0.820. The van der Waals surface area contributed by atoms with E-state index in [9.17, 15) is 18.7 Å². The first-order valence-electron chi connectivity index (χ1n) is 9.07. The van der Waals surface area contributed by atoms with Crippen molar-refractivity contribution < 1.29 is 23.4 Å². The second-order valence-corrected chi connectivity index (χ2v) is 7.04. The van der Waals surface area contributed by atoms with Gasteiger partial charge >= 0.3 is 6.03 Å². The average Bonchev–Trinajstić information content (AvgIpc) is 2.96. The van der Waals surface area contributed by atoms with Crippen LogP contribution in [0.4, 0.5) is 13.6 Å². The summed E-state index contributed by atoms with van der Waals surface area (Å²) in [6, 6.07) is 8.37. The molecule has 1 aliphatic rings. The van der Waals surface area contributed by atoms with E-state index in [-0.39, 0.29) is 25.2 Å². The van der Waals surface area contributed by atoms with E-state index in [1.165, 1.54) is 29.2 Å². The Kier molecular flexibility index (Phi) is 4.91. The van der Waals surface area contributed by atoms with Crippen molar-refractivity contribution >= 4 is 27.8 Å². The number of rotatable bonds is 5. The summed E-state index contributed by atoms with van der Waals surface area (Å²) in [5, 5.41) is 14.5. The van der Waals surface area contributed by atoms with Crippen molar-refractivity contribution in [3.8, 4) is 0 Å². The van der Waals surface area contributed by atoms with Crippen LogP contribution in [0.15, 0.2) is 36.4 Å². The van der Waals surface area contributed by atoms with Crippen LogP contribution < -0.4 is 5.32 Å². The molecule has 2 aromatic carbocycles. The number of aliphatic hydroxyl groups is 1. The maximum Gasteiger partial charge on any atom is 0.317 e. The van der Waals surface area contributed by atoms with E-state index in [1.807, 2.05) is 4.57 Å². The number of β-amino-alcohol motifs (C(OH)–C–C–N with tert-alkyl or cyclic N) is 1. The van der Waals surface area contributed by atoms with Crippen molar-refractivity contribution in [1.82, 2.24) is 14.8 Å². The Labute approximate surface area is 160 Å². The van der Waals surface area contributed by atoms with E-state index in [2.05, 4.69) is 5.32 Å². The fourth-order valence-corrected chi connectivity index (χ4v) is 3.79. The molecule has 0 aliphatic carbocycles. The zero-order valence-corrected chi connectivity index (χ0v) is 15.4. The lowest BCUT2D eigenvalue weighted by molar-refractivity contribution is 0.0367. The Hall–Kier alpha value is -2.71. The number of methoxy groups -OCH3 is 1. The van der Waals surface area contributed by atoms with Crippen molar-refractivity contribution in [3.05, 3.63) is 48.0 Å². The van der Waals surface area contributed by atoms with Gasteiger partial charge < -0.3 is 24.6 Å². The number of aliphatic hydroxyl groups excluding tert-OH is 1. The van der Waals surface area contributed by atoms with Crippen LogP contribution in [0.2, 0.25) is 0 Å². The van der Waals surface area contributed by atoms with Crippen LogP contribution in [-0.2, 0) is 11.3 Å². The smallest absolute Gasteiger partial charge is 0.317 e. The predicted molar refractivity (Wildman–Crippen MR) is 101 cm³/mol. The highest BCUT2D eigenvalue weighted by Crippen LogP contribution is 2.30. The minimum atomic E-state index is -0.865. The third-order valence-electron chi connectivity index (χ3n) is 5.14. The number of ether oxygens (including phenoxy) is 1. The molecule has 1 saturated heterocycles. The average molecular weight is 389 g/mol. The minimum absolute atomic E-state index is 0.120. The summed E-state index contributed by atoms with van der Waals surface area (Å²) in [4.78, 5) is 13.6. The molecule has 0 saturated carbocycles. The Morgan fingerprint density at radius 2 is 1.75 bits per heavy atom. The molecular weight excluding hydrogens is 368 g/mol. The Balaban J connectivity index is 1.64. The first-order chi connectivity index (χ1) is 13.5. The Morgan fingerprint density at radius 1 is 1.14 bits per heavy atom. The summed E-state index contributed by atoms with van der Waals surface area (Å²) in [6.07, 6.45) is -1.00. The number of carbonyl (C=O) groups is 1. The molecule has 2 unspecified atom stereocenters. The highest BCUT2D eigenvalue weighted by molar-refractivity contribution is 6.08. The fraction of sp³-hybridized carbons (Fsp3) is 0.350. The zero-order valence-electron chi connectivity index (χ0n) is 15.4. The summed E-state index contributed by atoms with van der Waals surface area (Å²) in [6.45, 7) is 1.13. The molecule has 8 heteroatoms. The normalized spacial score (nSPS) is 18.6. The van der Waals surface area contributed by atoms with Gasteiger partial charge in [-0.2, -0.15) is 0 Å². The van der Waals surface area contributed by atoms with Crippen molar-refractivity contribution in [2.75, 3.05) is 26.7 Å². The van der Waals surface area contributed by atoms with Crippen LogP contribution in [0.25, 0.3) is 21.8 Å². The number of urea groups is 1. The van der Waals surface area contributed by atoms with Gasteiger partial charge in [0.15, 0.2) is 0 Å². The topological polar surface area (TPSA) is 66.7 Å². The van der Waals surface area contributed by atoms with Gasteiger partial charge in [0.2, 0.25) is 0 Å². The Bertz CT molecular complexity index is 977. The molecule has 1 fully saturated rings. The number of nitrogens with zero attached hydrogens (tertiary/aromatic N) is 2. The van der Waals surface area contributed by atoms with Crippen LogP contribution >= 0.6 is 0 Å². The number of aromatic nitrogens is 1. The summed E-state index contributed by atoms with van der Waals surface area (Å²) in [7, 11) is 1.58. The van der Waals surface area contributed by atoms with Crippen molar-refractivity contribution in [3.63, 3.8) is 0 Å². The van der Waals surface area contributed by atoms with Gasteiger partial charge in [-0.3, -0.25) is 0 Å². The predicted octanol–water partition coefficient (Wildman–Crippen LogP) is 2.47. The number of amides is 2. The number of hydrogen-bond acceptors (Lipinski definition) is 3. The van der Waals surface area contributed by atoms with Crippen molar-refractivity contribution in [2.24, 2.45) is 0 Å². The highest BCUT2D eigenvalue weighted by Gasteiger charge is 2.27. The first-order valence-corrected chi connectivity index (χ1v) is 9.07. The lowest BCUT2D eigenvalue weighted by Crippen LogP contribution is -2.56. The lowest BCUT2D eigenvalue weighted by Gasteiger charge is -2.33. The standard InChI is InChI=1S/C20H21F2N3O3/c1-28-15-8-23-20(27)24(11-15)9-14(26)10-25-18-4-2-12(21)6-16(18)17-7-13(22)3-5-19(17)25/h2-7,14-15,26H,8-11H2,1H3,(H,23,27). The number of fused-ring (bicyclic) bond motifs is 3. The molecule has 6 nitrogen and oxygen atoms in total. The molecule has 1 aromatic heterocycles. The molecule has 4 rings (SSSR count). The number of nitrogens with one attached hydrogen (secondary N) is 1. The van der Waals surface area contributed by atoms with Crippen LogP contribution in [-0.4, -0.2) is 59.6 Å². The molecule has 2 heterocycles. The minimum Gasteiger partial charge on any atom is -0.389 e. The van der Waals surface area contributed by atoms with E-state index >= 15 is 0 Å². The van der Waals surface area contributed by atoms with E-state index in [1.54, 1.807) is 19.2 Å². The summed E-state index contributed by atoms with van der Waals surface area (Å²) < 4.78 is 34.6. The van der Waals surface area contributed by atoms with Gasteiger partial charge in [-0.1, -0.05) is 0 Å². The number of hydrogen-bond donors (Lipinski definition) is 2. The molecule has 3 aromatic rings. The van der Waals surface area contributed by atoms with E-state index < -0.39 is 17.7 Å². The lowest BCUT2D eigenvalue weighted by atomic mass is 10.1. The van der Waals surface area contributed by atoms with Crippen molar-refractivity contribution in [2.45, 2.75) is 18.8 Å². The van der Waals surface area contributed by atoms with Gasteiger partial charge in [0.25, 0.3) is 0 Å². The number of halogens is 2. The molecule has 2 atom stereocenters. The highest BCUT2D eigenvalue weighted by atomic mass is 19.1.